The molecule has 100 valence electrons. The molecule has 2 unspecified atom stereocenters. The van der Waals surface area contributed by atoms with Crippen LogP contribution in [0.5, 0.6) is 0 Å². The summed E-state index contributed by atoms with van der Waals surface area (Å²) in [6.07, 6.45) is 5.63. The van der Waals surface area contributed by atoms with E-state index in [4.69, 9.17) is 0 Å². The van der Waals surface area contributed by atoms with Gasteiger partial charge in [-0.1, -0.05) is 66.7 Å². The minimum absolute atomic E-state index is 0.0950. The van der Waals surface area contributed by atoms with Gasteiger partial charge in [-0.05, 0) is 36.0 Å². The van der Waals surface area contributed by atoms with Crippen LogP contribution < -0.4 is 0 Å². The molecule has 0 heterocycles. The average molecular weight is 262 g/mol. The molecule has 0 saturated heterocycles. The van der Waals surface area contributed by atoms with E-state index in [-0.39, 0.29) is 11.7 Å². The molecule has 20 heavy (non-hydrogen) atoms. The number of benzene rings is 2. The molecular formula is C19H18O. The molecule has 1 nitrogen and oxygen atoms in total. The monoisotopic (exact) mass is 262 g/mol. The number of ketones is 1. The largest absolute Gasteiger partial charge is 0.295 e. The molecule has 2 aromatic rings. The van der Waals surface area contributed by atoms with Crippen LogP contribution in [0.25, 0.3) is 0 Å². The van der Waals surface area contributed by atoms with Crippen LogP contribution in [0.15, 0.2) is 72.8 Å². The summed E-state index contributed by atoms with van der Waals surface area (Å²) in [5, 5.41) is 0. The van der Waals surface area contributed by atoms with Crippen LogP contribution in [0.4, 0.5) is 0 Å². The molecule has 1 aliphatic carbocycles. The van der Waals surface area contributed by atoms with Gasteiger partial charge in [0.2, 0.25) is 0 Å². The molecule has 0 aromatic heterocycles. The van der Waals surface area contributed by atoms with Gasteiger partial charge in [-0.25, -0.2) is 0 Å². The molecule has 2 atom stereocenters. The lowest BCUT2D eigenvalue weighted by molar-refractivity contribution is -0.118. The van der Waals surface area contributed by atoms with E-state index in [0.717, 1.165) is 12.8 Å². The second-order valence-electron chi connectivity index (χ2n) is 5.41. The van der Waals surface area contributed by atoms with Gasteiger partial charge < -0.3 is 0 Å². The number of rotatable bonds is 4. The van der Waals surface area contributed by atoms with Gasteiger partial charge in [0.05, 0.1) is 0 Å². The molecule has 1 heteroatoms. The first-order valence-electron chi connectivity index (χ1n) is 7.13. The van der Waals surface area contributed by atoms with Crippen LogP contribution in [0.3, 0.4) is 0 Å². The summed E-state index contributed by atoms with van der Waals surface area (Å²) >= 11 is 0. The molecule has 0 aliphatic heterocycles. The van der Waals surface area contributed by atoms with Crippen molar-refractivity contribution in [2.45, 2.75) is 12.8 Å². The van der Waals surface area contributed by atoms with Crippen molar-refractivity contribution in [3.05, 3.63) is 83.9 Å². The van der Waals surface area contributed by atoms with Crippen LogP contribution >= 0.6 is 0 Å². The minimum Gasteiger partial charge on any atom is -0.295 e. The fourth-order valence-electron chi connectivity index (χ4n) is 2.90. The van der Waals surface area contributed by atoms with E-state index >= 15 is 0 Å². The summed E-state index contributed by atoms with van der Waals surface area (Å²) in [6.45, 7) is 0. The van der Waals surface area contributed by atoms with Crippen molar-refractivity contribution < 1.29 is 4.79 Å². The number of carbonyl (C=O) groups excluding carboxylic acids is 1. The maximum absolute atomic E-state index is 12.1. The molecule has 0 spiro atoms. The van der Waals surface area contributed by atoms with E-state index in [2.05, 4.69) is 42.5 Å². The summed E-state index contributed by atoms with van der Waals surface area (Å²) in [5.41, 5.74) is 2.54. The Labute approximate surface area is 120 Å². The Morgan fingerprint density at radius 1 is 0.750 bits per heavy atom. The maximum atomic E-state index is 12.1. The first-order valence-corrected chi connectivity index (χ1v) is 7.13. The number of allylic oxidation sites excluding steroid dienone is 2. The van der Waals surface area contributed by atoms with Crippen LogP contribution in [-0.2, 0) is 17.6 Å². The van der Waals surface area contributed by atoms with E-state index in [9.17, 15) is 4.79 Å². The fraction of sp³-hybridized carbons (Fsp3) is 0.211. The van der Waals surface area contributed by atoms with Crippen LogP contribution in [0.1, 0.15) is 11.1 Å². The third-order valence-corrected chi connectivity index (χ3v) is 4.00. The Hall–Kier alpha value is -2.15. The van der Waals surface area contributed by atoms with Crippen molar-refractivity contribution in [3.8, 4) is 0 Å². The quantitative estimate of drug-likeness (QED) is 0.818. The molecule has 2 aromatic carbocycles. The highest BCUT2D eigenvalue weighted by molar-refractivity contribution is 5.94. The van der Waals surface area contributed by atoms with Gasteiger partial charge in [-0.3, -0.25) is 4.79 Å². The van der Waals surface area contributed by atoms with Gasteiger partial charge in [0, 0.05) is 5.92 Å². The summed E-state index contributed by atoms with van der Waals surface area (Å²) in [5.74, 6) is 0.692. The lowest BCUT2D eigenvalue weighted by Crippen LogP contribution is -2.20. The van der Waals surface area contributed by atoms with Gasteiger partial charge in [0.1, 0.15) is 0 Å². The predicted octanol–water partition coefficient (Wildman–Crippen LogP) is 3.84. The highest BCUT2D eigenvalue weighted by atomic mass is 16.1. The van der Waals surface area contributed by atoms with Gasteiger partial charge in [0.25, 0.3) is 0 Å². The first-order chi connectivity index (χ1) is 9.83. The maximum Gasteiger partial charge on any atom is 0.159 e. The van der Waals surface area contributed by atoms with Crippen LogP contribution in [0.2, 0.25) is 0 Å². The normalized spacial score (nSPS) is 21.3. The van der Waals surface area contributed by atoms with Gasteiger partial charge in [0.15, 0.2) is 5.78 Å². The zero-order valence-corrected chi connectivity index (χ0v) is 11.4. The van der Waals surface area contributed by atoms with Crippen molar-refractivity contribution in [3.63, 3.8) is 0 Å². The van der Waals surface area contributed by atoms with E-state index in [1.54, 1.807) is 6.08 Å². The Balaban J connectivity index is 1.73. The molecule has 0 fully saturated rings. The third kappa shape index (κ3) is 2.88. The topological polar surface area (TPSA) is 17.1 Å². The Kier molecular flexibility index (Phi) is 3.78. The minimum atomic E-state index is 0.0950. The summed E-state index contributed by atoms with van der Waals surface area (Å²) in [7, 11) is 0. The number of carbonyl (C=O) groups is 1. The van der Waals surface area contributed by atoms with E-state index in [1.165, 1.54) is 11.1 Å². The second kappa shape index (κ2) is 5.87. The molecule has 0 N–H and O–H groups in total. The average Bonchev–Trinajstić information content (AvgIpc) is 2.83. The second-order valence-corrected chi connectivity index (χ2v) is 5.41. The lowest BCUT2D eigenvalue weighted by Gasteiger charge is -2.18. The molecule has 0 bridgehead atoms. The number of hydrogen-bond donors (Lipinski definition) is 0. The molecule has 1 aliphatic rings. The zero-order chi connectivity index (χ0) is 13.8. The summed E-state index contributed by atoms with van der Waals surface area (Å²) in [6, 6.07) is 20.7. The highest BCUT2D eigenvalue weighted by Gasteiger charge is 2.29. The summed E-state index contributed by atoms with van der Waals surface area (Å²) in [4.78, 5) is 12.1. The predicted molar refractivity (Wildman–Crippen MR) is 81.4 cm³/mol. The molecule has 3 rings (SSSR count). The first kappa shape index (κ1) is 12.9. The Bertz CT molecular complexity index is 598. The molecular weight excluding hydrogens is 244 g/mol. The van der Waals surface area contributed by atoms with E-state index in [1.807, 2.05) is 24.3 Å². The van der Waals surface area contributed by atoms with Crippen molar-refractivity contribution in [2.24, 2.45) is 11.8 Å². The SMILES string of the molecule is O=C1C=CC(Cc2ccccc2)C1Cc1ccccc1. The zero-order valence-electron chi connectivity index (χ0n) is 11.4. The van der Waals surface area contributed by atoms with Crippen molar-refractivity contribution in [1.82, 2.24) is 0 Å². The summed E-state index contributed by atoms with van der Waals surface area (Å²) < 4.78 is 0. The third-order valence-electron chi connectivity index (χ3n) is 4.00. The van der Waals surface area contributed by atoms with Crippen molar-refractivity contribution in [2.75, 3.05) is 0 Å². The molecule has 0 saturated carbocycles. The van der Waals surface area contributed by atoms with Gasteiger partial charge in [-0.15, -0.1) is 0 Å². The van der Waals surface area contributed by atoms with Crippen LogP contribution in [0, 0.1) is 11.8 Å². The van der Waals surface area contributed by atoms with Crippen LogP contribution in [-0.4, -0.2) is 5.78 Å². The lowest BCUT2D eigenvalue weighted by atomic mass is 9.84. The highest BCUT2D eigenvalue weighted by Crippen LogP contribution is 2.29. The molecule has 0 amide bonds. The fourth-order valence-corrected chi connectivity index (χ4v) is 2.90. The smallest absolute Gasteiger partial charge is 0.159 e. The van der Waals surface area contributed by atoms with Crippen molar-refractivity contribution in [1.29, 1.82) is 0 Å². The number of hydrogen-bond acceptors (Lipinski definition) is 1. The standard InChI is InChI=1S/C19H18O/c20-19-12-11-17(13-15-7-3-1-4-8-15)18(19)14-16-9-5-2-6-10-16/h1-12,17-18H,13-14H2. The van der Waals surface area contributed by atoms with E-state index in [0.29, 0.717) is 5.92 Å². The van der Waals surface area contributed by atoms with Gasteiger partial charge >= 0.3 is 0 Å². The Morgan fingerprint density at radius 2 is 1.30 bits per heavy atom. The Morgan fingerprint density at radius 3 is 1.90 bits per heavy atom. The van der Waals surface area contributed by atoms with Gasteiger partial charge in [-0.2, -0.15) is 0 Å². The van der Waals surface area contributed by atoms with Crippen molar-refractivity contribution >= 4 is 5.78 Å². The molecule has 0 radical (unpaired) electrons. The van der Waals surface area contributed by atoms with E-state index < -0.39 is 0 Å².